The third-order valence-corrected chi connectivity index (χ3v) is 6.98. The zero-order valence-electron chi connectivity index (χ0n) is 16.4. The van der Waals surface area contributed by atoms with Crippen molar-refractivity contribution >= 4 is 44.0 Å². The number of furan rings is 1. The van der Waals surface area contributed by atoms with Crippen LogP contribution in [-0.2, 0) is 32.6 Å². The number of hydrogen-bond donors (Lipinski definition) is 2. The number of nitrogens with one attached hydrogen (secondary N) is 2. The molecule has 31 heavy (non-hydrogen) atoms. The average molecular weight is 461 g/mol. The first kappa shape index (κ1) is 21.2. The molecule has 0 bridgehead atoms. The van der Waals surface area contributed by atoms with E-state index in [0.717, 1.165) is 6.42 Å². The van der Waals surface area contributed by atoms with Gasteiger partial charge in [0.25, 0.3) is 0 Å². The maximum Gasteiger partial charge on any atom is 0.240 e. The minimum absolute atomic E-state index is 0.0481. The van der Waals surface area contributed by atoms with Gasteiger partial charge in [0.1, 0.15) is 5.76 Å². The van der Waals surface area contributed by atoms with Gasteiger partial charge in [0.15, 0.2) is 5.13 Å². The van der Waals surface area contributed by atoms with Gasteiger partial charge in [-0.05, 0) is 42.8 Å². The van der Waals surface area contributed by atoms with Crippen LogP contribution in [0.15, 0.2) is 57.4 Å². The van der Waals surface area contributed by atoms with Crippen LogP contribution in [0.1, 0.15) is 24.3 Å². The molecule has 2 N–H and O–H groups in total. The van der Waals surface area contributed by atoms with Crippen LogP contribution in [0.5, 0.6) is 0 Å². The van der Waals surface area contributed by atoms with Crippen LogP contribution >= 0.6 is 11.3 Å². The van der Waals surface area contributed by atoms with E-state index < -0.39 is 10.0 Å². The summed E-state index contributed by atoms with van der Waals surface area (Å²) in [5.41, 5.74) is 1.05. The highest BCUT2D eigenvalue weighted by molar-refractivity contribution is 7.89. The van der Waals surface area contributed by atoms with Crippen LogP contribution in [0.3, 0.4) is 0 Å². The Labute approximate surface area is 183 Å². The average Bonchev–Trinajstić information content (AvgIpc) is 3.49. The Kier molecular flexibility index (Phi) is 6.16. The van der Waals surface area contributed by atoms with Crippen LogP contribution in [0, 0.1) is 0 Å². The lowest BCUT2D eigenvalue weighted by molar-refractivity contribution is -0.117. The van der Waals surface area contributed by atoms with Gasteiger partial charge in [0, 0.05) is 24.0 Å². The molecule has 0 unspecified atom stereocenters. The summed E-state index contributed by atoms with van der Waals surface area (Å²) in [6, 6.07) is 9.23. The van der Waals surface area contributed by atoms with Crippen LogP contribution < -0.4 is 14.9 Å². The molecule has 0 spiro atoms. The molecule has 0 aliphatic carbocycles. The van der Waals surface area contributed by atoms with E-state index in [0.29, 0.717) is 35.2 Å². The predicted octanol–water partition coefficient (Wildman–Crippen LogP) is 2.52. The maximum atomic E-state index is 12.4. The highest BCUT2D eigenvalue weighted by Crippen LogP contribution is 2.25. The summed E-state index contributed by atoms with van der Waals surface area (Å²) >= 11 is 1.34. The van der Waals surface area contributed by atoms with E-state index in [1.807, 2.05) is 0 Å². The summed E-state index contributed by atoms with van der Waals surface area (Å²) in [7, 11) is -3.70. The zero-order valence-corrected chi connectivity index (χ0v) is 18.0. The van der Waals surface area contributed by atoms with Crippen molar-refractivity contribution < 1.29 is 22.4 Å². The SMILES string of the molecule is O=C(Cc1csc(N2CCCC2=O)n1)Nc1ccc(S(=O)(=O)NCc2ccco2)cc1. The Balaban J connectivity index is 1.33. The number of aromatic nitrogens is 1. The molecule has 1 fully saturated rings. The van der Waals surface area contributed by atoms with Gasteiger partial charge in [0.2, 0.25) is 21.8 Å². The van der Waals surface area contributed by atoms with Crippen LogP contribution in [0.25, 0.3) is 0 Å². The van der Waals surface area contributed by atoms with E-state index in [-0.39, 0.29) is 29.7 Å². The third-order valence-electron chi connectivity index (χ3n) is 4.65. The summed E-state index contributed by atoms with van der Waals surface area (Å²) in [5.74, 6) is 0.280. The molecule has 0 saturated carbocycles. The molecule has 3 aromatic rings. The fourth-order valence-corrected chi connectivity index (χ4v) is 4.96. The molecule has 9 nitrogen and oxygen atoms in total. The van der Waals surface area contributed by atoms with Gasteiger partial charge < -0.3 is 9.73 Å². The van der Waals surface area contributed by atoms with E-state index in [9.17, 15) is 18.0 Å². The topological polar surface area (TPSA) is 122 Å². The number of nitrogens with zero attached hydrogens (tertiary/aromatic N) is 2. The number of hydrogen-bond acceptors (Lipinski definition) is 7. The van der Waals surface area contributed by atoms with Crippen LogP contribution in [-0.4, -0.2) is 31.8 Å². The minimum Gasteiger partial charge on any atom is -0.468 e. The number of sulfonamides is 1. The zero-order chi connectivity index (χ0) is 21.8. The van der Waals surface area contributed by atoms with Gasteiger partial charge in [-0.1, -0.05) is 0 Å². The van der Waals surface area contributed by atoms with Crippen molar-refractivity contribution in [3.05, 3.63) is 59.5 Å². The molecule has 4 rings (SSSR count). The number of carbonyl (C=O) groups excluding carboxylic acids is 2. The number of thiazole rings is 1. The van der Waals surface area contributed by atoms with Gasteiger partial charge in [-0.2, -0.15) is 0 Å². The molecule has 1 saturated heterocycles. The molecule has 162 valence electrons. The van der Waals surface area contributed by atoms with E-state index in [1.165, 1.54) is 41.9 Å². The third kappa shape index (κ3) is 5.19. The first-order chi connectivity index (χ1) is 14.9. The number of anilines is 2. The van der Waals surface area contributed by atoms with Gasteiger partial charge in [0.05, 0.1) is 29.8 Å². The molecule has 1 aromatic carbocycles. The van der Waals surface area contributed by atoms with Crippen LogP contribution in [0.4, 0.5) is 10.8 Å². The first-order valence-corrected chi connectivity index (χ1v) is 11.9. The quantitative estimate of drug-likeness (QED) is 0.533. The molecule has 1 aliphatic rings. The lowest BCUT2D eigenvalue weighted by Gasteiger charge is -2.10. The highest BCUT2D eigenvalue weighted by atomic mass is 32.2. The van der Waals surface area contributed by atoms with Gasteiger partial charge >= 0.3 is 0 Å². The summed E-state index contributed by atoms with van der Waals surface area (Å²) in [5, 5.41) is 5.10. The fourth-order valence-electron chi connectivity index (χ4n) is 3.10. The molecule has 0 radical (unpaired) electrons. The van der Waals surface area contributed by atoms with Crippen molar-refractivity contribution in [2.75, 3.05) is 16.8 Å². The Bertz CT molecular complexity index is 1170. The molecule has 2 aromatic heterocycles. The predicted molar refractivity (Wildman–Crippen MR) is 115 cm³/mol. The molecule has 2 amide bonds. The van der Waals surface area contributed by atoms with Gasteiger partial charge in [-0.3, -0.25) is 14.5 Å². The Morgan fingerprint density at radius 1 is 1.23 bits per heavy atom. The standard InChI is InChI=1S/C20H20N4O5S2/c25-18(11-15-13-30-20(23-15)24-9-1-4-19(24)26)22-14-5-7-17(8-6-14)31(27,28)21-12-16-3-2-10-29-16/h2-3,5-8,10,13,21H,1,4,9,11-12H2,(H,22,25). The van der Waals surface area contributed by atoms with Crippen molar-refractivity contribution in [2.45, 2.75) is 30.7 Å². The maximum absolute atomic E-state index is 12.4. The second-order valence-corrected chi connectivity index (χ2v) is 9.53. The van der Waals surface area contributed by atoms with Crippen molar-refractivity contribution in [1.82, 2.24) is 9.71 Å². The summed E-state index contributed by atoms with van der Waals surface area (Å²) in [6.07, 6.45) is 2.88. The molecule has 3 heterocycles. The number of rotatable bonds is 8. The van der Waals surface area contributed by atoms with Crippen molar-refractivity contribution in [1.29, 1.82) is 0 Å². The monoisotopic (exact) mass is 460 g/mol. The Morgan fingerprint density at radius 2 is 2.03 bits per heavy atom. The van der Waals surface area contributed by atoms with Crippen molar-refractivity contribution in [3.63, 3.8) is 0 Å². The molecule has 0 atom stereocenters. The first-order valence-electron chi connectivity index (χ1n) is 9.57. The summed E-state index contributed by atoms with van der Waals surface area (Å²) in [6.45, 7) is 0.704. The molecule has 1 aliphatic heterocycles. The number of amides is 2. The minimum atomic E-state index is -3.70. The van der Waals surface area contributed by atoms with Crippen molar-refractivity contribution in [2.24, 2.45) is 0 Å². The van der Waals surface area contributed by atoms with E-state index >= 15 is 0 Å². The van der Waals surface area contributed by atoms with Gasteiger partial charge in [-0.25, -0.2) is 18.1 Å². The molecule has 11 heteroatoms. The Morgan fingerprint density at radius 3 is 2.71 bits per heavy atom. The van der Waals surface area contributed by atoms with E-state index in [1.54, 1.807) is 22.4 Å². The summed E-state index contributed by atoms with van der Waals surface area (Å²) in [4.78, 5) is 30.2. The van der Waals surface area contributed by atoms with Gasteiger partial charge in [-0.15, -0.1) is 11.3 Å². The highest BCUT2D eigenvalue weighted by Gasteiger charge is 2.24. The molecular formula is C20H20N4O5S2. The van der Waals surface area contributed by atoms with E-state index in [4.69, 9.17) is 4.42 Å². The largest absolute Gasteiger partial charge is 0.468 e. The van der Waals surface area contributed by atoms with Crippen LogP contribution in [0.2, 0.25) is 0 Å². The summed E-state index contributed by atoms with van der Waals surface area (Å²) < 4.78 is 32.3. The normalized spacial score (nSPS) is 14.2. The number of carbonyl (C=O) groups is 2. The van der Waals surface area contributed by atoms with Crippen molar-refractivity contribution in [3.8, 4) is 0 Å². The molecular weight excluding hydrogens is 440 g/mol. The smallest absolute Gasteiger partial charge is 0.240 e. The second kappa shape index (κ2) is 9.00. The number of benzene rings is 1. The lowest BCUT2D eigenvalue weighted by Crippen LogP contribution is -2.23. The lowest BCUT2D eigenvalue weighted by atomic mass is 10.3. The second-order valence-electron chi connectivity index (χ2n) is 6.92. The Hall–Kier alpha value is -3.02. The van der Waals surface area contributed by atoms with E-state index in [2.05, 4.69) is 15.0 Å². The fraction of sp³-hybridized carbons (Fsp3) is 0.250.